The van der Waals surface area contributed by atoms with Crippen LogP contribution < -0.4 is 5.32 Å². The van der Waals surface area contributed by atoms with Crippen LogP contribution >= 0.6 is 0 Å². The lowest BCUT2D eigenvalue weighted by Crippen LogP contribution is -2.46. The van der Waals surface area contributed by atoms with Crippen molar-refractivity contribution in [1.82, 2.24) is 14.7 Å². The SMILES string of the molecule is O=C(O)CN(CCN(CC(=O)O)CC(=O)O)CCN(CC(=O)O)CC(=O)Nc1cccc(O)c1. The van der Waals surface area contributed by atoms with Crippen LogP contribution in [0.5, 0.6) is 5.75 Å². The molecule has 188 valence electrons. The zero-order chi connectivity index (χ0) is 25.7. The number of carboxylic acids is 4. The second-order valence-corrected chi connectivity index (χ2v) is 7.37. The van der Waals surface area contributed by atoms with Crippen LogP contribution in [-0.2, 0) is 24.0 Å². The lowest BCUT2D eigenvalue weighted by Gasteiger charge is -2.27. The molecule has 0 heterocycles. The van der Waals surface area contributed by atoms with Crippen LogP contribution in [0.1, 0.15) is 0 Å². The second kappa shape index (κ2) is 14.4. The number of nitrogens with one attached hydrogen (secondary N) is 1. The zero-order valence-corrected chi connectivity index (χ0v) is 18.3. The molecular formula is C20H28N4O10. The van der Waals surface area contributed by atoms with Gasteiger partial charge in [0.15, 0.2) is 0 Å². The van der Waals surface area contributed by atoms with Crippen LogP contribution in [0.2, 0.25) is 0 Å². The molecule has 6 N–H and O–H groups in total. The second-order valence-electron chi connectivity index (χ2n) is 7.37. The number of phenolic OH excluding ortho intramolecular Hbond substituents is 1. The number of nitrogens with zero attached hydrogens (tertiary/aromatic N) is 3. The van der Waals surface area contributed by atoms with Gasteiger partial charge >= 0.3 is 23.9 Å². The van der Waals surface area contributed by atoms with Gasteiger partial charge in [-0.05, 0) is 12.1 Å². The van der Waals surface area contributed by atoms with Crippen LogP contribution in [0.3, 0.4) is 0 Å². The molecule has 1 rings (SSSR count). The summed E-state index contributed by atoms with van der Waals surface area (Å²) < 4.78 is 0. The zero-order valence-electron chi connectivity index (χ0n) is 18.3. The molecule has 1 aromatic carbocycles. The number of rotatable bonds is 17. The number of benzene rings is 1. The van der Waals surface area contributed by atoms with E-state index in [4.69, 9.17) is 20.4 Å². The van der Waals surface area contributed by atoms with E-state index in [2.05, 4.69) is 5.32 Å². The molecule has 0 aliphatic rings. The van der Waals surface area contributed by atoms with Gasteiger partial charge in [0.1, 0.15) is 5.75 Å². The normalized spacial score (nSPS) is 11.0. The molecule has 0 aromatic heterocycles. The number of aliphatic carboxylic acids is 4. The highest BCUT2D eigenvalue weighted by Gasteiger charge is 2.19. The predicted octanol–water partition coefficient (Wildman–Crippen LogP) is -1.42. The fourth-order valence-electron chi connectivity index (χ4n) is 3.02. The molecular weight excluding hydrogens is 456 g/mol. The van der Waals surface area contributed by atoms with Gasteiger partial charge in [-0.2, -0.15) is 0 Å². The summed E-state index contributed by atoms with van der Waals surface area (Å²) in [5, 5.41) is 48.1. The molecule has 14 nitrogen and oxygen atoms in total. The highest BCUT2D eigenvalue weighted by Crippen LogP contribution is 2.15. The van der Waals surface area contributed by atoms with E-state index in [-0.39, 0.29) is 38.5 Å². The summed E-state index contributed by atoms with van der Waals surface area (Å²) in [6.45, 7) is -2.42. The smallest absolute Gasteiger partial charge is 0.317 e. The quantitative estimate of drug-likeness (QED) is 0.150. The minimum Gasteiger partial charge on any atom is -0.508 e. The van der Waals surface area contributed by atoms with Crippen molar-refractivity contribution in [2.75, 3.05) is 64.2 Å². The van der Waals surface area contributed by atoms with Gasteiger partial charge in [-0.3, -0.25) is 38.7 Å². The number of carboxylic acid groups (broad SMARTS) is 4. The highest BCUT2D eigenvalue weighted by molar-refractivity contribution is 5.92. The van der Waals surface area contributed by atoms with Crippen molar-refractivity contribution < 1.29 is 49.5 Å². The van der Waals surface area contributed by atoms with E-state index in [1.54, 1.807) is 0 Å². The molecule has 0 spiro atoms. The van der Waals surface area contributed by atoms with E-state index in [9.17, 15) is 29.1 Å². The topological polar surface area (TPSA) is 208 Å². The fourth-order valence-corrected chi connectivity index (χ4v) is 3.02. The average molecular weight is 484 g/mol. The highest BCUT2D eigenvalue weighted by atomic mass is 16.4. The largest absolute Gasteiger partial charge is 0.508 e. The number of phenols is 1. The van der Waals surface area contributed by atoms with Crippen molar-refractivity contribution in [3.63, 3.8) is 0 Å². The summed E-state index contributed by atoms with van der Waals surface area (Å²) in [6.07, 6.45) is 0. The number of anilines is 1. The van der Waals surface area contributed by atoms with Gasteiger partial charge in [0.05, 0.1) is 32.7 Å². The number of hydrogen-bond donors (Lipinski definition) is 6. The first-order chi connectivity index (χ1) is 15.9. The molecule has 0 fully saturated rings. The first-order valence-corrected chi connectivity index (χ1v) is 10.1. The van der Waals surface area contributed by atoms with Crippen molar-refractivity contribution in [1.29, 1.82) is 0 Å². The van der Waals surface area contributed by atoms with Gasteiger partial charge in [0.25, 0.3) is 0 Å². The van der Waals surface area contributed by atoms with Crippen LogP contribution in [0, 0.1) is 0 Å². The van der Waals surface area contributed by atoms with Gasteiger partial charge in [0.2, 0.25) is 5.91 Å². The Morgan fingerprint density at radius 1 is 0.647 bits per heavy atom. The number of hydrogen-bond acceptors (Lipinski definition) is 9. The first-order valence-electron chi connectivity index (χ1n) is 10.1. The Morgan fingerprint density at radius 3 is 1.50 bits per heavy atom. The summed E-state index contributed by atoms with van der Waals surface area (Å²) in [5.41, 5.74) is 0.310. The first kappa shape index (κ1) is 28.3. The molecule has 34 heavy (non-hydrogen) atoms. The van der Waals surface area contributed by atoms with Crippen molar-refractivity contribution in [2.24, 2.45) is 0 Å². The van der Waals surface area contributed by atoms with E-state index < -0.39 is 56.0 Å². The van der Waals surface area contributed by atoms with Crippen LogP contribution in [0.15, 0.2) is 24.3 Å². The summed E-state index contributed by atoms with van der Waals surface area (Å²) in [7, 11) is 0. The van der Waals surface area contributed by atoms with E-state index >= 15 is 0 Å². The van der Waals surface area contributed by atoms with Gasteiger partial charge in [-0.1, -0.05) is 6.07 Å². The Labute approximate surface area is 194 Å². The van der Waals surface area contributed by atoms with Crippen molar-refractivity contribution >= 4 is 35.5 Å². The van der Waals surface area contributed by atoms with Crippen LogP contribution in [0.25, 0.3) is 0 Å². The standard InChI is InChI=1S/C20H28N4O10/c25-15-3-1-2-14(8-15)21-16(26)9-23(11-18(29)30)6-4-22(10-17(27)28)5-7-24(12-19(31)32)13-20(33)34/h1-3,8,25H,4-7,9-13H2,(H,21,26)(H,27,28)(H,29,30)(H,31,32)(H,33,34). The van der Waals surface area contributed by atoms with E-state index in [0.717, 1.165) is 4.90 Å². The lowest BCUT2D eigenvalue weighted by atomic mass is 10.3. The molecule has 14 heteroatoms. The van der Waals surface area contributed by atoms with E-state index in [0.29, 0.717) is 5.69 Å². The molecule has 0 unspecified atom stereocenters. The van der Waals surface area contributed by atoms with Gasteiger partial charge in [-0.15, -0.1) is 0 Å². The van der Waals surface area contributed by atoms with Crippen LogP contribution in [0.4, 0.5) is 5.69 Å². The average Bonchev–Trinajstić information content (AvgIpc) is 2.68. The maximum Gasteiger partial charge on any atom is 0.317 e. The Hall–Kier alpha value is -3.75. The minimum atomic E-state index is -1.24. The maximum atomic E-state index is 12.3. The summed E-state index contributed by atoms with van der Waals surface area (Å²) in [4.78, 5) is 60.4. The minimum absolute atomic E-state index is 0.00323. The molecule has 0 atom stereocenters. The van der Waals surface area contributed by atoms with Gasteiger partial charge < -0.3 is 30.8 Å². The lowest BCUT2D eigenvalue weighted by molar-refractivity contribution is -0.143. The number of amides is 1. The number of aromatic hydroxyl groups is 1. The van der Waals surface area contributed by atoms with Crippen molar-refractivity contribution in [3.8, 4) is 5.75 Å². The van der Waals surface area contributed by atoms with Gasteiger partial charge in [0, 0.05) is 37.9 Å². The number of carbonyl (C=O) groups is 5. The molecule has 0 radical (unpaired) electrons. The Bertz CT molecular complexity index is 863. The third-order valence-corrected chi connectivity index (χ3v) is 4.40. The Kier molecular flexibility index (Phi) is 12.0. The molecule has 0 aliphatic carbocycles. The summed E-state index contributed by atoms with van der Waals surface area (Å²) in [5.74, 6) is -5.48. The number of carbonyl (C=O) groups excluding carboxylic acids is 1. The summed E-state index contributed by atoms with van der Waals surface area (Å²) in [6, 6.07) is 5.78. The fraction of sp³-hybridized carbons (Fsp3) is 0.450. The van der Waals surface area contributed by atoms with Crippen molar-refractivity contribution in [3.05, 3.63) is 24.3 Å². The monoisotopic (exact) mass is 484 g/mol. The third-order valence-electron chi connectivity index (χ3n) is 4.40. The molecule has 0 bridgehead atoms. The van der Waals surface area contributed by atoms with Crippen LogP contribution in [-0.4, -0.2) is 129 Å². The predicted molar refractivity (Wildman–Crippen MR) is 117 cm³/mol. The van der Waals surface area contributed by atoms with E-state index in [1.165, 1.54) is 34.1 Å². The summed E-state index contributed by atoms with van der Waals surface area (Å²) >= 11 is 0. The van der Waals surface area contributed by atoms with Gasteiger partial charge in [-0.25, -0.2) is 0 Å². The molecule has 1 aromatic rings. The molecule has 0 aliphatic heterocycles. The van der Waals surface area contributed by atoms with E-state index in [1.807, 2.05) is 0 Å². The third kappa shape index (κ3) is 12.9. The maximum absolute atomic E-state index is 12.3. The molecule has 1 amide bonds. The Morgan fingerprint density at radius 2 is 1.06 bits per heavy atom. The van der Waals surface area contributed by atoms with Crippen molar-refractivity contribution in [2.45, 2.75) is 0 Å². The molecule has 0 saturated carbocycles. The molecule has 0 saturated heterocycles. The Balaban J connectivity index is 2.75.